The maximum absolute atomic E-state index is 13.8. The minimum absolute atomic E-state index is 0.0761. The summed E-state index contributed by atoms with van der Waals surface area (Å²) >= 11 is 0. The van der Waals surface area contributed by atoms with Crippen molar-refractivity contribution in [2.24, 2.45) is 5.92 Å². The number of hydrogen-bond acceptors (Lipinski definition) is 5. The Labute approximate surface area is 144 Å². The van der Waals surface area contributed by atoms with Crippen LogP contribution in [0.5, 0.6) is 5.75 Å². The molecule has 1 fully saturated rings. The Hall–Kier alpha value is -2.67. The van der Waals surface area contributed by atoms with Crippen molar-refractivity contribution in [2.75, 3.05) is 12.4 Å². The topological polar surface area (TPSA) is 91.7 Å². The molecule has 1 saturated carbocycles. The second kappa shape index (κ2) is 7.06. The molecule has 0 saturated heterocycles. The molecule has 1 heterocycles. The SMILES string of the molecule is COc1ccc(F)cc1[C@@H](Nc1ccnc(C(=O)O)c1)C1CC(O)C1. The zero-order valence-electron chi connectivity index (χ0n) is 13.6. The zero-order chi connectivity index (χ0) is 18.0. The lowest BCUT2D eigenvalue weighted by Gasteiger charge is -2.39. The normalized spacial score (nSPS) is 20.4. The molecule has 3 rings (SSSR count). The molecule has 0 radical (unpaired) electrons. The van der Waals surface area contributed by atoms with Gasteiger partial charge in [-0.15, -0.1) is 0 Å². The van der Waals surface area contributed by atoms with Gasteiger partial charge in [-0.3, -0.25) is 0 Å². The molecule has 3 N–H and O–H groups in total. The van der Waals surface area contributed by atoms with Gasteiger partial charge in [-0.2, -0.15) is 0 Å². The first-order valence-corrected chi connectivity index (χ1v) is 7.95. The second-order valence-corrected chi connectivity index (χ2v) is 6.13. The predicted molar refractivity (Wildman–Crippen MR) is 89.2 cm³/mol. The number of rotatable bonds is 6. The molecular formula is C18H19FN2O4. The van der Waals surface area contributed by atoms with Gasteiger partial charge in [0.25, 0.3) is 0 Å². The monoisotopic (exact) mass is 346 g/mol. The first-order chi connectivity index (χ1) is 12.0. The lowest BCUT2D eigenvalue weighted by molar-refractivity contribution is 0.0336. The van der Waals surface area contributed by atoms with Crippen LogP contribution in [-0.4, -0.2) is 34.4 Å². The van der Waals surface area contributed by atoms with Crippen LogP contribution in [0.2, 0.25) is 0 Å². The zero-order valence-corrected chi connectivity index (χ0v) is 13.6. The standard InChI is InChI=1S/C18H19FN2O4/c1-25-16-3-2-11(19)8-14(16)17(10-6-13(22)7-10)21-12-4-5-20-15(9-12)18(23)24/h2-5,8-10,13,17,22H,6-7H2,1H3,(H,20,21)(H,23,24)/t10?,13?,17-/m0/s1. The van der Waals surface area contributed by atoms with Gasteiger partial charge in [0, 0.05) is 17.4 Å². The lowest BCUT2D eigenvalue weighted by atomic mass is 9.74. The summed E-state index contributed by atoms with van der Waals surface area (Å²) in [5, 5.41) is 22.0. The van der Waals surface area contributed by atoms with E-state index in [1.807, 2.05) is 0 Å². The molecule has 0 aliphatic heterocycles. The van der Waals surface area contributed by atoms with E-state index < -0.39 is 5.97 Å². The van der Waals surface area contributed by atoms with Crippen molar-refractivity contribution >= 4 is 11.7 Å². The third-order valence-corrected chi connectivity index (χ3v) is 4.45. The summed E-state index contributed by atoms with van der Waals surface area (Å²) < 4.78 is 19.1. The number of carbonyl (C=O) groups is 1. The number of methoxy groups -OCH3 is 1. The Kier molecular flexibility index (Phi) is 4.85. The van der Waals surface area contributed by atoms with Gasteiger partial charge >= 0.3 is 5.97 Å². The van der Waals surface area contributed by atoms with E-state index in [2.05, 4.69) is 10.3 Å². The first-order valence-electron chi connectivity index (χ1n) is 7.95. The van der Waals surface area contributed by atoms with E-state index in [1.165, 1.54) is 31.5 Å². The van der Waals surface area contributed by atoms with E-state index in [0.29, 0.717) is 29.8 Å². The number of pyridine rings is 1. The summed E-state index contributed by atoms with van der Waals surface area (Å²) in [5.41, 5.74) is 1.11. The Morgan fingerprint density at radius 2 is 2.12 bits per heavy atom. The summed E-state index contributed by atoms with van der Waals surface area (Å²) in [7, 11) is 1.51. The van der Waals surface area contributed by atoms with Crippen molar-refractivity contribution in [3.8, 4) is 5.75 Å². The Morgan fingerprint density at radius 1 is 1.36 bits per heavy atom. The fraction of sp³-hybridized carbons (Fsp3) is 0.333. The molecule has 1 aliphatic carbocycles. The molecule has 25 heavy (non-hydrogen) atoms. The number of nitrogens with one attached hydrogen (secondary N) is 1. The molecule has 132 valence electrons. The second-order valence-electron chi connectivity index (χ2n) is 6.13. The van der Waals surface area contributed by atoms with Crippen LogP contribution >= 0.6 is 0 Å². The number of aliphatic hydroxyl groups excluding tert-OH is 1. The van der Waals surface area contributed by atoms with Crippen LogP contribution in [0.15, 0.2) is 36.5 Å². The molecule has 1 aliphatic rings. The fourth-order valence-corrected chi connectivity index (χ4v) is 3.12. The van der Waals surface area contributed by atoms with Gasteiger partial charge in [0.15, 0.2) is 0 Å². The van der Waals surface area contributed by atoms with Crippen LogP contribution < -0.4 is 10.1 Å². The van der Waals surface area contributed by atoms with Crippen LogP contribution in [0.1, 0.15) is 34.9 Å². The molecule has 1 aromatic heterocycles. The molecule has 0 bridgehead atoms. The van der Waals surface area contributed by atoms with Crippen molar-refractivity contribution in [1.82, 2.24) is 4.98 Å². The number of aliphatic hydroxyl groups is 1. The molecule has 7 heteroatoms. The van der Waals surface area contributed by atoms with Gasteiger partial charge < -0.3 is 20.3 Å². The number of carboxylic acid groups (broad SMARTS) is 1. The average Bonchev–Trinajstić information content (AvgIpc) is 2.57. The molecule has 6 nitrogen and oxygen atoms in total. The van der Waals surface area contributed by atoms with Gasteiger partial charge in [-0.1, -0.05) is 0 Å². The average molecular weight is 346 g/mol. The highest BCUT2D eigenvalue weighted by atomic mass is 19.1. The van der Waals surface area contributed by atoms with Crippen LogP contribution in [0.4, 0.5) is 10.1 Å². The molecule has 2 aromatic rings. The molecule has 0 spiro atoms. The predicted octanol–water partition coefficient (Wildman–Crippen LogP) is 2.85. The van der Waals surface area contributed by atoms with Crippen LogP contribution in [0, 0.1) is 11.7 Å². The minimum atomic E-state index is -1.12. The molecule has 0 unspecified atom stereocenters. The Morgan fingerprint density at radius 3 is 2.76 bits per heavy atom. The minimum Gasteiger partial charge on any atom is -0.496 e. The highest BCUT2D eigenvalue weighted by molar-refractivity contribution is 5.86. The number of anilines is 1. The number of carboxylic acids is 1. The molecule has 1 atom stereocenters. The van der Waals surface area contributed by atoms with Crippen molar-refractivity contribution in [2.45, 2.75) is 25.0 Å². The number of hydrogen-bond donors (Lipinski definition) is 3. The number of benzene rings is 1. The van der Waals surface area contributed by atoms with Gasteiger partial charge in [-0.05, 0) is 49.1 Å². The van der Waals surface area contributed by atoms with Crippen molar-refractivity contribution in [1.29, 1.82) is 0 Å². The van der Waals surface area contributed by atoms with Gasteiger partial charge in [0.1, 0.15) is 17.3 Å². The third kappa shape index (κ3) is 3.71. The van der Waals surface area contributed by atoms with E-state index in [4.69, 9.17) is 9.84 Å². The van der Waals surface area contributed by atoms with Crippen LogP contribution in [0.25, 0.3) is 0 Å². The van der Waals surface area contributed by atoms with Crippen molar-refractivity contribution < 1.29 is 24.1 Å². The Bertz CT molecular complexity index is 777. The van der Waals surface area contributed by atoms with Crippen LogP contribution in [-0.2, 0) is 0 Å². The van der Waals surface area contributed by atoms with Gasteiger partial charge in [0.05, 0.1) is 19.3 Å². The van der Waals surface area contributed by atoms with Crippen molar-refractivity contribution in [3.63, 3.8) is 0 Å². The quantitative estimate of drug-likeness (QED) is 0.745. The first kappa shape index (κ1) is 17.2. The molecule has 1 aromatic carbocycles. The van der Waals surface area contributed by atoms with Gasteiger partial charge in [-0.25, -0.2) is 14.2 Å². The molecular weight excluding hydrogens is 327 g/mol. The largest absolute Gasteiger partial charge is 0.496 e. The number of aromatic nitrogens is 1. The molecule has 0 amide bonds. The summed E-state index contributed by atoms with van der Waals surface area (Å²) in [5.74, 6) is -0.897. The van der Waals surface area contributed by atoms with Crippen molar-refractivity contribution in [3.05, 3.63) is 53.6 Å². The van der Waals surface area contributed by atoms with E-state index >= 15 is 0 Å². The Balaban J connectivity index is 1.95. The summed E-state index contributed by atoms with van der Waals surface area (Å²) in [4.78, 5) is 14.9. The number of aromatic carboxylic acids is 1. The number of nitrogens with zero attached hydrogens (tertiary/aromatic N) is 1. The smallest absolute Gasteiger partial charge is 0.354 e. The van der Waals surface area contributed by atoms with E-state index in [1.54, 1.807) is 12.1 Å². The maximum Gasteiger partial charge on any atom is 0.354 e. The van der Waals surface area contributed by atoms with Gasteiger partial charge in [0.2, 0.25) is 0 Å². The third-order valence-electron chi connectivity index (χ3n) is 4.45. The van der Waals surface area contributed by atoms with E-state index in [9.17, 15) is 14.3 Å². The van der Waals surface area contributed by atoms with Crippen LogP contribution in [0.3, 0.4) is 0 Å². The fourth-order valence-electron chi connectivity index (χ4n) is 3.12. The van der Waals surface area contributed by atoms with E-state index in [-0.39, 0.29) is 29.6 Å². The summed E-state index contributed by atoms with van der Waals surface area (Å²) in [6.45, 7) is 0. The van der Waals surface area contributed by atoms with E-state index in [0.717, 1.165) is 0 Å². The highest BCUT2D eigenvalue weighted by Crippen LogP contribution is 2.43. The highest BCUT2D eigenvalue weighted by Gasteiger charge is 2.36. The number of ether oxygens (including phenoxy) is 1. The number of halogens is 1. The maximum atomic E-state index is 13.8. The summed E-state index contributed by atoms with van der Waals surface area (Å²) in [6, 6.07) is 7.04. The summed E-state index contributed by atoms with van der Waals surface area (Å²) in [6.07, 6.45) is 2.19. The lowest BCUT2D eigenvalue weighted by Crippen LogP contribution is -2.36.